The number of hydrogen-bond donors (Lipinski definition) is 2. The molecule has 0 aromatic heterocycles. The topological polar surface area (TPSA) is 72.3 Å². The second-order valence-electron chi connectivity index (χ2n) is 6.09. The molecule has 0 aromatic carbocycles. The van der Waals surface area contributed by atoms with E-state index in [0.717, 1.165) is 12.8 Å². The van der Waals surface area contributed by atoms with E-state index < -0.39 is 5.97 Å². The van der Waals surface area contributed by atoms with Crippen molar-refractivity contribution in [3.63, 3.8) is 0 Å². The Morgan fingerprint density at radius 3 is 1.18 bits per heavy atom. The van der Waals surface area contributed by atoms with Crippen molar-refractivity contribution in [1.82, 2.24) is 6.15 Å². The van der Waals surface area contributed by atoms with Crippen LogP contribution < -0.4 is 6.15 Å². The quantitative estimate of drug-likeness (QED) is 0.276. The van der Waals surface area contributed by atoms with Crippen LogP contribution in [0.1, 0.15) is 110 Å². The fraction of sp³-hybridized carbons (Fsp3) is 0.944. The van der Waals surface area contributed by atoms with E-state index in [1.807, 2.05) is 0 Å². The fourth-order valence-corrected chi connectivity index (χ4v) is 2.65. The van der Waals surface area contributed by atoms with Gasteiger partial charge in [-0.05, 0) is 6.42 Å². The zero-order valence-corrected chi connectivity index (χ0v) is 14.4. The maximum absolute atomic E-state index is 10.3. The summed E-state index contributed by atoms with van der Waals surface area (Å²) in [6, 6.07) is 0. The molecule has 3 nitrogen and oxygen atoms in total. The van der Waals surface area contributed by atoms with Crippen molar-refractivity contribution in [3.05, 3.63) is 0 Å². The van der Waals surface area contributed by atoms with Crippen LogP contribution in [0, 0.1) is 0 Å². The summed E-state index contributed by atoms with van der Waals surface area (Å²) in [5, 5.41) is 8.52. The first-order chi connectivity index (χ1) is 9.77. The predicted octanol–water partition coefficient (Wildman–Crippen LogP) is 5.85. The minimum absolute atomic E-state index is 0. The van der Waals surface area contributed by atoms with E-state index in [1.165, 1.54) is 83.5 Å². The summed E-state index contributed by atoms with van der Waals surface area (Å²) in [6.07, 6.45) is 20.2. The van der Waals surface area contributed by atoms with Crippen LogP contribution in [0.25, 0.3) is 0 Å². The summed E-state index contributed by atoms with van der Waals surface area (Å²) in [5.74, 6) is -0.653. The summed E-state index contributed by atoms with van der Waals surface area (Å²) >= 11 is 0. The van der Waals surface area contributed by atoms with Gasteiger partial charge in [0.2, 0.25) is 0 Å². The Labute approximate surface area is 160 Å². The van der Waals surface area contributed by atoms with E-state index in [4.69, 9.17) is 5.11 Å². The summed E-state index contributed by atoms with van der Waals surface area (Å²) in [5.41, 5.74) is 0. The monoisotopic (exact) mass is 325 g/mol. The standard InChI is InChI=1S/C18H36O2.H3N.Na.H/c1-2-3-4-5-6-7-8-9-10-11-12-13-14-15-16-17-18(19)20;;;/h2-17H2,1H3,(H,19,20);1H3;;. The van der Waals surface area contributed by atoms with Gasteiger partial charge >= 0.3 is 35.5 Å². The number of carboxylic acid groups (broad SMARTS) is 1. The first kappa shape index (κ1) is 27.3. The molecule has 130 valence electrons. The van der Waals surface area contributed by atoms with E-state index in [1.54, 1.807) is 0 Å². The molecule has 0 aliphatic rings. The van der Waals surface area contributed by atoms with Gasteiger partial charge < -0.3 is 11.3 Å². The van der Waals surface area contributed by atoms with Crippen LogP contribution in [0.5, 0.6) is 0 Å². The van der Waals surface area contributed by atoms with Crippen LogP contribution in [-0.2, 0) is 4.79 Å². The Morgan fingerprint density at radius 2 is 0.909 bits per heavy atom. The van der Waals surface area contributed by atoms with Gasteiger partial charge in [0.1, 0.15) is 0 Å². The predicted molar refractivity (Wildman–Crippen MR) is 99.4 cm³/mol. The third-order valence-corrected chi connectivity index (χ3v) is 3.99. The molecule has 0 atom stereocenters. The number of hydrogen-bond acceptors (Lipinski definition) is 2. The van der Waals surface area contributed by atoms with Gasteiger partial charge in [-0.25, -0.2) is 0 Å². The van der Waals surface area contributed by atoms with E-state index in [0.29, 0.717) is 6.42 Å². The van der Waals surface area contributed by atoms with Crippen molar-refractivity contribution in [1.29, 1.82) is 0 Å². The third-order valence-electron chi connectivity index (χ3n) is 3.99. The summed E-state index contributed by atoms with van der Waals surface area (Å²) < 4.78 is 0. The molecule has 0 rings (SSSR count). The van der Waals surface area contributed by atoms with Gasteiger partial charge in [0.25, 0.3) is 0 Å². The molecule has 0 aliphatic heterocycles. The molecule has 0 unspecified atom stereocenters. The van der Waals surface area contributed by atoms with Crippen LogP contribution >= 0.6 is 0 Å². The van der Waals surface area contributed by atoms with Gasteiger partial charge in [-0.15, -0.1) is 0 Å². The molecule has 4 N–H and O–H groups in total. The van der Waals surface area contributed by atoms with Gasteiger partial charge in [0, 0.05) is 6.42 Å². The van der Waals surface area contributed by atoms with Gasteiger partial charge in [-0.3, -0.25) is 4.79 Å². The van der Waals surface area contributed by atoms with Gasteiger partial charge in [-0.2, -0.15) is 0 Å². The van der Waals surface area contributed by atoms with Gasteiger partial charge in [0.05, 0.1) is 0 Å². The molecular formula is C18H40NNaO2. The Bertz CT molecular complexity index is 213. The molecule has 0 bridgehead atoms. The molecule has 0 amide bonds. The fourth-order valence-electron chi connectivity index (χ4n) is 2.65. The first-order valence-electron chi connectivity index (χ1n) is 8.99. The average molecular weight is 326 g/mol. The van der Waals surface area contributed by atoms with Crippen LogP contribution in [-0.4, -0.2) is 40.6 Å². The molecular weight excluding hydrogens is 285 g/mol. The normalized spacial score (nSPS) is 9.86. The van der Waals surface area contributed by atoms with Crippen molar-refractivity contribution in [2.24, 2.45) is 0 Å². The van der Waals surface area contributed by atoms with Crippen LogP contribution in [0.2, 0.25) is 0 Å². The zero-order valence-electron chi connectivity index (χ0n) is 14.4. The zero-order chi connectivity index (χ0) is 14.9. The van der Waals surface area contributed by atoms with E-state index >= 15 is 0 Å². The second kappa shape index (κ2) is 23.7. The van der Waals surface area contributed by atoms with Crippen LogP contribution in [0.15, 0.2) is 0 Å². The molecule has 0 aliphatic carbocycles. The van der Waals surface area contributed by atoms with Crippen molar-refractivity contribution < 1.29 is 9.90 Å². The average Bonchev–Trinajstić information content (AvgIpc) is 2.43. The van der Waals surface area contributed by atoms with Crippen LogP contribution in [0.4, 0.5) is 0 Å². The van der Waals surface area contributed by atoms with Gasteiger partial charge in [0.15, 0.2) is 0 Å². The number of rotatable bonds is 16. The van der Waals surface area contributed by atoms with E-state index in [2.05, 4.69) is 6.92 Å². The van der Waals surface area contributed by atoms with Crippen molar-refractivity contribution in [3.8, 4) is 0 Å². The molecule has 4 heteroatoms. The molecule has 0 radical (unpaired) electrons. The Hall–Kier alpha value is 0.430. The summed E-state index contributed by atoms with van der Waals surface area (Å²) in [4.78, 5) is 10.3. The molecule has 0 heterocycles. The molecule has 22 heavy (non-hydrogen) atoms. The van der Waals surface area contributed by atoms with Crippen LogP contribution in [0.3, 0.4) is 0 Å². The molecule has 0 saturated carbocycles. The van der Waals surface area contributed by atoms with Gasteiger partial charge in [-0.1, -0.05) is 96.8 Å². The number of unbranched alkanes of at least 4 members (excludes halogenated alkanes) is 14. The van der Waals surface area contributed by atoms with Crippen molar-refractivity contribution in [2.75, 3.05) is 0 Å². The number of aliphatic carboxylic acids is 1. The number of carbonyl (C=O) groups is 1. The minimum atomic E-state index is -0.653. The SMILES string of the molecule is CCCCCCCCCCCCCCCCCC(=O)O.N.[NaH]. The van der Waals surface area contributed by atoms with E-state index in [9.17, 15) is 4.79 Å². The van der Waals surface area contributed by atoms with Crippen molar-refractivity contribution in [2.45, 2.75) is 110 Å². The Balaban J connectivity index is -0.00000180. The molecule has 0 saturated heterocycles. The second-order valence-corrected chi connectivity index (χ2v) is 6.09. The van der Waals surface area contributed by atoms with Crippen molar-refractivity contribution >= 4 is 35.5 Å². The van der Waals surface area contributed by atoms with E-state index in [-0.39, 0.29) is 35.7 Å². The molecule has 0 fully saturated rings. The first-order valence-corrected chi connectivity index (χ1v) is 8.99. The summed E-state index contributed by atoms with van der Waals surface area (Å²) in [6.45, 7) is 2.27. The summed E-state index contributed by atoms with van der Waals surface area (Å²) in [7, 11) is 0. The molecule has 0 spiro atoms. The third kappa shape index (κ3) is 25.4. The maximum atomic E-state index is 10.3. The Kier molecular flexibility index (Phi) is 29.4. The number of carboxylic acids is 1. The molecule has 0 aromatic rings. The Morgan fingerprint density at radius 1 is 0.636 bits per heavy atom.